The van der Waals surface area contributed by atoms with Crippen LogP contribution in [0.2, 0.25) is 0 Å². The monoisotopic (exact) mass is 259 g/mol. The van der Waals surface area contributed by atoms with Crippen molar-refractivity contribution in [3.63, 3.8) is 0 Å². The first kappa shape index (κ1) is 14.8. The number of methoxy groups -OCH3 is 1. The Morgan fingerprint density at radius 3 is 2.33 bits per heavy atom. The van der Waals surface area contributed by atoms with E-state index in [2.05, 4.69) is 4.74 Å². The lowest BCUT2D eigenvalue weighted by molar-refractivity contribution is -0.147. The van der Waals surface area contributed by atoms with Crippen molar-refractivity contribution in [2.75, 3.05) is 13.7 Å². The van der Waals surface area contributed by atoms with Gasteiger partial charge in [0.15, 0.2) is 0 Å². The fourth-order valence-electron chi connectivity index (χ4n) is 1.95. The number of rotatable bonds is 1. The summed E-state index contributed by atoms with van der Waals surface area (Å²) in [6, 6.07) is -0.792. The van der Waals surface area contributed by atoms with Gasteiger partial charge in [0, 0.05) is 5.92 Å². The van der Waals surface area contributed by atoms with Gasteiger partial charge >= 0.3 is 12.1 Å². The molecular formula is C12H21NO5. The molecule has 0 unspecified atom stereocenters. The average molecular weight is 259 g/mol. The molecule has 1 aliphatic rings. The van der Waals surface area contributed by atoms with E-state index in [9.17, 15) is 14.7 Å². The van der Waals surface area contributed by atoms with Crippen molar-refractivity contribution in [1.82, 2.24) is 4.90 Å². The van der Waals surface area contributed by atoms with Crippen molar-refractivity contribution in [2.45, 2.75) is 45.4 Å². The largest absolute Gasteiger partial charge is 0.467 e. The van der Waals surface area contributed by atoms with Crippen LogP contribution in [0.25, 0.3) is 0 Å². The van der Waals surface area contributed by atoms with Gasteiger partial charge in [0.2, 0.25) is 0 Å². The van der Waals surface area contributed by atoms with Crippen LogP contribution in [0.1, 0.15) is 27.7 Å². The zero-order chi connectivity index (χ0) is 14.1. The highest BCUT2D eigenvalue weighted by Gasteiger charge is 2.46. The van der Waals surface area contributed by atoms with Gasteiger partial charge in [-0.3, -0.25) is 4.90 Å². The number of aliphatic hydroxyl groups is 1. The molecule has 1 rings (SSSR count). The summed E-state index contributed by atoms with van der Waals surface area (Å²) >= 11 is 0. The number of carbonyl (C=O) groups excluding carboxylic acids is 2. The molecule has 6 heteroatoms. The molecule has 18 heavy (non-hydrogen) atoms. The van der Waals surface area contributed by atoms with Gasteiger partial charge in [0.25, 0.3) is 0 Å². The third-order valence-electron chi connectivity index (χ3n) is 2.90. The summed E-state index contributed by atoms with van der Waals surface area (Å²) in [4.78, 5) is 24.9. The number of likely N-dealkylation sites (tertiary alicyclic amines) is 1. The van der Waals surface area contributed by atoms with Crippen molar-refractivity contribution in [2.24, 2.45) is 5.92 Å². The number of nitrogens with zero attached hydrogens (tertiary/aromatic N) is 1. The maximum atomic E-state index is 12.0. The number of hydrogen-bond acceptors (Lipinski definition) is 5. The van der Waals surface area contributed by atoms with Gasteiger partial charge in [-0.05, 0) is 20.8 Å². The van der Waals surface area contributed by atoms with E-state index in [1.807, 2.05) is 0 Å². The first-order chi connectivity index (χ1) is 8.17. The first-order valence-electron chi connectivity index (χ1n) is 5.93. The van der Waals surface area contributed by atoms with E-state index in [0.717, 1.165) is 0 Å². The molecule has 104 valence electrons. The number of ether oxygens (including phenoxy) is 2. The van der Waals surface area contributed by atoms with E-state index in [4.69, 9.17) is 4.74 Å². The van der Waals surface area contributed by atoms with Crippen LogP contribution in [0.3, 0.4) is 0 Å². The predicted octanol–water partition coefficient (Wildman–Crippen LogP) is 0.776. The molecule has 1 heterocycles. The van der Waals surface area contributed by atoms with Gasteiger partial charge in [0.1, 0.15) is 11.6 Å². The van der Waals surface area contributed by atoms with E-state index in [0.29, 0.717) is 0 Å². The molecule has 1 N–H and O–H groups in total. The standard InChI is InChI=1S/C12H21NO5/c1-7-8(14)6-13(9(7)10(15)17-5)11(16)18-12(2,3)4/h7-9,14H,6H2,1-5H3/t7-,8+,9-/m1/s1. The molecule has 1 aliphatic heterocycles. The quantitative estimate of drug-likeness (QED) is 0.704. The highest BCUT2D eigenvalue weighted by Crippen LogP contribution is 2.27. The molecule has 0 aromatic heterocycles. The van der Waals surface area contributed by atoms with Crippen LogP contribution in [0, 0.1) is 5.92 Å². The fourth-order valence-corrected chi connectivity index (χ4v) is 1.95. The van der Waals surface area contributed by atoms with Gasteiger partial charge < -0.3 is 14.6 Å². The van der Waals surface area contributed by atoms with E-state index in [1.54, 1.807) is 27.7 Å². The van der Waals surface area contributed by atoms with Crippen LogP contribution < -0.4 is 0 Å². The molecule has 0 saturated carbocycles. The molecule has 1 amide bonds. The lowest BCUT2D eigenvalue weighted by Gasteiger charge is -2.28. The highest BCUT2D eigenvalue weighted by atomic mass is 16.6. The Morgan fingerprint density at radius 2 is 1.89 bits per heavy atom. The van der Waals surface area contributed by atoms with Crippen LogP contribution in [0.5, 0.6) is 0 Å². The van der Waals surface area contributed by atoms with Gasteiger partial charge in [0.05, 0.1) is 19.8 Å². The predicted molar refractivity (Wildman–Crippen MR) is 63.9 cm³/mol. The third kappa shape index (κ3) is 3.13. The Balaban J connectivity index is 2.86. The second-order valence-electron chi connectivity index (χ2n) is 5.53. The molecule has 6 nitrogen and oxygen atoms in total. The van der Waals surface area contributed by atoms with E-state index < -0.39 is 29.8 Å². The molecule has 3 atom stereocenters. The van der Waals surface area contributed by atoms with Crippen LogP contribution in [-0.4, -0.2) is 53.5 Å². The fraction of sp³-hybridized carbons (Fsp3) is 0.833. The Morgan fingerprint density at radius 1 is 1.33 bits per heavy atom. The lowest BCUT2D eigenvalue weighted by Crippen LogP contribution is -2.45. The minimum Gasteiger partial charge on any atom is -0.467 e. The summed E-state index contributed by atoms with van der Waals surface area (Å²) in [5, 5.41) is 9.77. The van der Waals surface area contributed by atoms with Gasteiger partial charge in [-0.15, -0.1) is 0 Å². The number of carbonyl (C=O) groups is 2. The van der Waals surface area contributed by atoms with E-state index >= 15 is 0 Å². The topological polar surface area (TPSA) is 76.1 Å². The van der Waals surface area contributed by atoms with Crippen LogP contribution >= 0.6 is 0 Å². The van der Waals surface area contributed by atoms with Crippen LogP contribution in [-0.2, 0) is 14.3 Å². The molecule has 0 aromatic rings. The van der Waals surface area contributed by atoms with Gasteiger partial charge in [-0.1, -0.05) is 6.92 Å². The third-order valence-corrected chi connectivity index (χ3v) is 2.90. The van der Waals surface area contributed by atoms with Crippen LogP contribution in [0.15, 0.2) is 0 Å². The van der Waals surface area contributed by atoms with Gasteiger partial charge in [-0.25, -0.2) is 9.59 Å². The number of amides is 1. The van der Waals surface area contributed by atoms with E-state index in [1.165, 1.54) is 12.0 Å². The van der Waals surface area contributed by atoms with Crippen molar-refractivity contribution in [3.8, 4) is 0 Å². The summed E-state index contributed by atoms with van der Waals surface area (Å²) in [6.45, 7) is 7.02. The molecule has 0 bridgehead atoms. The normalized spacial score (nSPS) is 28.1. The maximum absolute atomic E-state index is 12.0. The van der Waals surface area contributed by atoms with Crippen molar-refractivity contribution >= 4 is 12.1 Å². The van der Waals surface area contributed by atoms with E-state index in [-0.39, 0.29) is 12.5 Å². The summed E-state index contributed by atoms with van der Waals surface area (Å²) in [7, 11) is 1.26. The number of hydrogen-bond donors (Lipinski definition) is 1. The minimum absolute atomic E-state index is 0.0792. The summed E-state index contributed by atoms with van der Waals surface area (Å²) in [5.41, 5.74) is -0.644. The zero-order valence-corrected chi connectivity index (χ0v) is 11.5. The Kier molecular flexibility index (Phi) is 4.21. The molecule has 0 aliphatic carbocycles. The zero-order valence-electron chi connectivity index (χ0n) is 11.5. The number of esters is 1. The lowest BCUT2D eigenvalue weighted by atomic mass is 10.0. The summed E-state index contributed by atoms with van der Waals surface area (Å²) < 4.78 is 9.88. The highest BCUT2D eigenvalue weighted by molar-refractivity contribution is 5.82. The smallest absolute Gasteiger partial charge is 0.411 e. The van der Waals surface area contributed by atoms with Crippen molar-refractivity contribution in [1.29, 1.82) is 0 Å². The molecule has 1 fully saturated rings. The molecular weight excluding hydrogens is 238 g/mol. The first-order valence-corrected chi connectivity index (χ1v) is 5.93. The van der Waals surface area contributed by atoms with Crippen molar-refractivity contribution in [3.05, 3.63) is 0 Å². The maximum Gasteiger partial charge on any atom is 0.411 e. The Hall–Kier alpha value is -1.30. The van der Waals surface area contributed by atoms with Gasteiger partial charge in [-0.2, -0.15) is 0 Å². The van der Waals surface area contributed by atoms with Crippen molar-refractivity contribution < 1.29 is 24.2 Å². The molecule has 0 aromatic carbocycles. The second-order valence-corrected chi connectivity index (χ2v) is 5.53. The second kappa shape index (κ2) is 5.14. The summed E-state index contributed by atoms with van der Waals surface area (Å²) in [6.07, 6.45) is -1.36. The average Bonchev–Trinajstić information content (AvgIpc) is 2.52. The Labute approximate surface area is 107 Å². The minimum atomic E-state index is -0.792. The number of aliphatic hydroxyl groups excluding tert-OH is 1. The Bertz CT molecular complexity index is 336. The molecule has 0 spiro atoms. The summed E-state index contributed by atoms with van der Waals surface area (Å²) in [5.74, 6) is -0.908. The molecule has 1 saturated heterocycles. The number of β-amino-alcohol motifs (C(OH)–C–C–N with tert-alkyl or cyclic N) is 1. The molecule has 0 radical (unpaired) electrons. The SMILES string of the molecule is COC(=O)[C@H]1[C@H](C)[C@@H](O)CN1C(=O)OC(C)(C)C. The van der Waals surface area contributed by atoms with Crippen LogP contribution in [0.4, 0.5) is 4.79 Å².